The fraction of sp³-hybridized carbons (Fsp3) is 0.400. The Morgan fingerprint density at radius 3 is 2.47 bits per heavy atom. The van der Waals surface area contributed by atoms with E-state index in [9.17, 15) is 10.1 Å². The molecule has 0 fully saturated rings. The zero-order valence-corrected chi connectivity index (χ0v) is 11.2. The number of hydrogen-bond acceptors (Lipinski definition) is 3. The molecule has 0 unspecified atom stereocenters. The Hall–Kier alpha value is -0.550. The van der Waals surface area contributed by atoms with Crippen LogP contribution in [-0.4, -0.2) is 11.2 Å². The highest BCUT2D eigenvalue weighted by molar-refractivity contribution is 9.10. The van der Waals surface area contributed by atoms with E-state index in [-0.39, 0.29) is 16.5 Å². The van der Waals surface area contributed by atoms with Crippen LogP contribution >= 0.6 is 27.7 Å². The summed E-state index contributed by atoms with van der Waals surface area (Å²) >= 11 is 5.01. The van der Waals surface area contributed by atoms with Gasteiger partial charge in [-0.25, -0.2) is 0 Å². The molecule has 1 aromatic carbocycles. The zero-order chi connectivity index (χ0) is 11.6. The lowest BCUT2D eigenvalue weighted by Gasteiger charge is -2.11. The van der Waals surface area contributed by atoms with Crippen LogP contribution in [0, 0.1) is 10.1 Å². The lowest BCUT2D eigenvalue weighted by molar-refractivity contribution is -0.385. The molecule has 3 nitrogen and oxygen atoms in total. The number of hydrogen-bond donors (Lipinski definition) is 0. The highest BCUT2D eigenvalue weighted by Gasteiger charge is 2.21. The first-order valence-corrected chi connectivity index (χ1v) is 6.51. The van der Waals surface area contributed by atoms with Gasteiger partial charge in [-0.15, -0.1) is 11.8 Å². The van der Waals surface area contributed by atoms with E-state index in [0.717, 1.165) is 14.9 Å². The highest BCUT2D eigenvalue weighted by Crippen LogP contribution is 2.38. The molecule has 0 saturated heterocycles. The summed E-state index contributed by atoms with van der Waals surface area (Å²) in [6, 6.07) is 3.35. The van der Waals surface area contributed by atoms with Crippen molar-refractivity contribution < 1.29 is 4.92 Å². The van der Waals surface area contributed by atoms with Gasteiger partial charge < -0.3 is 0 Å². The number of halogens is 1. The molecule has 0 saturated carbocycles. The Labute approximate surface area is 102 Å². The normalized spacial score (nSPS) is 10.7. The molecule has 0 heterocycles. The Balaban J connectivity index is 3.44. The molecule has 1 rings (SSSR count). The number of nitro benzene ring substituents is 1. The van der Waals surface area contributed by atoms with Crippen molar-refractivity contribution in [1.29, 1.82) is 0 Å². The van der Waals surface area contributed by atoms with Crippen molar-refractivity contribution in [1.82, 2.24) is 0 Å². The average Bonchev–Trinajstić information content (AvgIpc) is 2.16. The van der Waals surface area contributed by atoms with E-state index in [1.165, 1.54) is 0 Å². The Kier molecular flexibility index (Phi) is 4.16. The SMILES string of the molecule is CSc1ccc([N+](=O)[O-])c(C(C)C)c1Br. The molecule has 0 N–H and O–H groups in total. The van der Waals surface area contributed by atoms with Crippen LogP contribution in [0.2, 0.25) is 0 Å². The minimum Gasteiger partial charge on any atom is -0.258 e. The van der Waals surface area contributed by atoms with Gasteiger partial charge in [0.1, 0.15) is 0 Å². The van der Waals surface area contributed by atoms with Crippen molar-refractivity contribution in [3.05, 3.63) is 32.3 Å². The van der Waals surface area contributed by atoms with Gasteiger partial charge in [-0.05, 0) is 34.2 Å². The van der Waals surface area contributed by atoms with Crippen molar-refractivity contribution in [2.45, 2.75) is 24.7 Å². The third-order valence-electron chi connectivity index (χ3n) is 2.12. The standard InChI is InChI=1S/C10H12BrNO2S/c1-6(2)9-7(12(13)14)4-5-8(15-3)10(9)11/h4-6H,1-3H3. The maximum absolute atomic E-state index is 10.9. The Bertz CT molecular complexity index is 393. The number of nitro groups is 1. The van der Waals surface area contributed by atoms with Gasteiger partial charge in [-0.3, -0.25) is 10.1 Å². The Morgan fingerprint density at radius 2 is 2.07 bits per heavy atom. The lowest BCUT2D eigenvalue weighted by atomic mass is 10.0. The predicted molar refractivity (Wildman–Crippen MR) is 66.7 cm³/mol. The zero-order valence-electron chi connectivity index (χ0n) is 8.78. The number of thioether (sulfide) groups is 1. The second-order valence-corrected chi connectivity index (χ2v) is 5.07. The maximum Gasteiger partial charge on any atom is 0.274 e. The third-order valence-corrected chi connectivity index (χ3v) is 4.01. The van der Waals surface area contributed by atoms with Crippen molar-refractivity contribution in [2.24, 2.45) is 0 Å². The highest BCUT2D eigenvalue weighted by atomic mass is 79.9. The second kappa shape index (κ2) is 4.99. The monoisotopic (exact) mass is 289 g/mol. The molecular formula is C10H12BrNO2S. The van der Waals surface area contributed by atoms with Crippen molar-refractivity contribution >= 4 is 33.4 Å². The van der Waals surface area contributed by atoms with Gasteiger partial charge in [-0.1, -0.05) is 13.8 Å². The summed E-state index contributed by atoms with van der Waals surface area (Å²) in [7, 11) is 0. The Morgan fingerprint density at radius 1 is 1.47 bits per heavy atom. The topological polar surface area (TPSA) is 43.1 Å². The molecule has 0 atom stereocenters. The quantitative estimate of drug-likeness (QED) is 0.476. The van der Waals surface area contributed by atoms with E-state index in [2.05, 4.69) is 15.9 Å². The largest absolute Gasteiger partial charge is 0.274 e. The number of benzene rings is 1. The summed E-state index contributed by atoms with van der Waals surface area (Å²) in [5.41, 5.74) is 0.960. The molecular weight excluding hydrogens is 278 g/mol. The average molecular weight is 290 g/mol. The van der Waals surface area contributed by atoms with Gasteiger partial charge >= 0.3 is 0 Å². The van der Waals surface area contributed by atoms with Crippen LogP contribution in [-0.2, 0) is 0 Å². The van der Waals surface area contributed by atoms with Crippen molar-refractivity contribution in [2.75, 3.05) is 6.26 Å². The molecule has 0 aliphatic rings. The van der Waals surface area contributed by atoms with Crippen LogP contribution in [0.4, 0.5) is 5.69 Å². The summed E-state index contributed by atoms with van der Waals surface area (Å²) < 4.78 is 0.846. The molecule has 0 bridgehead atoms. The second-order valence-electron chi connectivity index (χ2n) is 3.43. The summed E-state index contributed by atoms with van der Waals surface area (Å²) in [5.74, 6) is 0.131. The molecule has 0 amide bonds. The summed E-state index contributed by atoms with van der Waals surface area (Å²) in [5, 5.41) is 10.9. The van der Waals surface area contributed by atoms with Gasteiger partial charge in [0.25, 0.3) is 5.69 Å². The molecule has 0 aliphatic carbocycles. The third kappa shape index (κ3) is 2.52. The van der Waals surface area contributed by atoms with Gasteiger partial charge in [0.15, 0.2) is 0 Å². The van der Waals surface area contributed by atoms with E-state index < -0.39 is 0 Å². The number of nitrogens with zero attached hydrogens (tertiary/aromatic N) is 1. The first-order valence-electron chi connectivity index (χ1n) is 4.49. The van der Waals surface area contributed by atoms with Crippen LogP contribution in [0.15, 0.2) is 21.5 Å². The summed E-state index contributed by atoms with van der Waals surface area (Å²) in [6.07, 6.45) is 1.95. The van der Waals surface area contributed by atoms with E-state index in [0.29, 0.717) is 0 Å². The van der Waals surface area contributed by atoms with Gasteiger partial charge in [-0.2, -0.15) is 0 Å². The van der Waals surface area contributed by atoms with E-state index >= 15 is 0 Å². The number of rotatable bonds is 3. The lowest BCUT2D eigenvalue weighted by Crippen LogP contribution is -1.99. The fourth-order valence-corrected chi connectivity index (χ4v) is 3.20. The van der Waals surface area contributed by atoms with E-state index in [4.69, 9.17) is 0 Å². The minimum absolute atomic E-state index is 0.131. The first kappa shape index (κ1) is 12.5. The molecule has 0 aromatic heterocycles. The van der Waals surface area contributed by atoms with Crippen LogP contribution < -0.4 is 0 Å². The summed E-state index contributed by atoms with van der Waals surface area (Å²) in [6.45, 7) is 3.91. The summed E-state index contributed by atoms with van der Waals surface area (Å²) in [4.78, 5) is 11.6. The van der Waals surface area contributed by atoms with Crippen LogP contribution in [0.25, 0.3) is 0 Å². The van der Waals surface area contributed by atoms with Gasteiger partial charge in [0, 0.05) is 21.0 Å². The molecule has 0 spiro atoms. The smallest absolute Gasteiger partial charge is 0.258 e. The van der Waals surface area contributed by atoms with E-state index in [1.807, 2.05) is 20.1 Å². The van der Waals surface area contributed by atoms with Gasteiger partial charge in [0.2, 0.25) is 0 Å². The first-order chi connectivity index (χ1) is 6.99. The molecule has 5 heteroatoms. The predicted octanol–water partition coefficient (Wildman–Crippen LogP) is 4.20. The van der Waals surface area contributed by atoms with E-state index in [1.54, 1.807) is 23.9 Å². The van der Waals surface area contributed by atoms with Crippen molar-refractivity contribution in [3.8, 4) is 0 Å². The molecule has 0 radical (unpaired) electrons. The molecule has 15 heavy (non-hydrogen) atoms. The molecule has 1 aromatic rings. The minimum atomic E-state index is -0.329. The molecule has 82 valence electrons. The van der Waals surface area contributed by atoms with Crippen molar-refractivity contribution in [3.63, 3.8) is 0 Å². The van der Waals surface area contributed by atoms with Crippen LogP contribution in [0.5, 0.6) is 0 Å². The van der Waals surface area contributed by atoms with Crippen LogP contribution in [0.1, 0.15) is 25.3 Å². The van der Waals surface area contributed by atoms with Crippen LogP contribution in [0.3, 0.4) is 0 Å². The fourth-order valence-electron chi connectivity index (χ4n) is 1.43. The maximum atomic E-state index is 10.9. The molecule has 0 aliphatic heterocycles. The van der Waals surface area contributed by atoms with Gasteiger partial charge in [0.05, 0.1) is 4.92 Å².